The number of aryl methyl sites for hydroxylation is 2. The fourth-order valence-corrected chi connectivity index (χ4v) is 1.45. The largest absolute Gasteiger partial charge is 0.324 e. The molecule has 1 aromatic heterocycles. The number of aromatic nitrogens is 2. The molecular weight excluding hydrogens is 138 g/mol. The molecule has 0 aliphatic heterocycles. The number of rotatable bonds is 1. The third-order valence-corrected chi connectivity index (χ3v) is 2.02. The Balaban J connectivity index is 3.22. The smallest absolute Gasteiger partial charge is 0.0644 e. The van der Waals surface area contributed by atoms with E-state index in [-0.39, 0.29) is 6.04 Å². The van der Waals surface area contributed by atoms with Crippen LogP contribution in [0.3, 0.4) is 0 Å². The second kappa shape index (κ2) is 2.66. The van der Waals surface area contributed by atoms with Crippen LogP contribution in [-0.4, -0.2) is 9.78 Å². The predicted octanol–water partition coefficient (Wildman–Crippen LogP) is 1.06. The van der Waals surface area contributed by atoms with Gasteiger partial charge in [-0.25, -0.2) is 0 Å². The van der Waals surface area contributed by atoms with Gasteiger partial charge in [0.1, 0.15) is 0 Å². The Kier molecular flexibility index (Phi) is 2.00. The minimum atomic E-state index is 0.0868. The number of nitrogens with zero attached hydrogens (tertiary/aromatic N) is 2. The van der Waals surface area contributed by atoms with E-state index >= 15 is 0 Å². The molecule has 0 spiro atoms. The van der Waals surface area contributed by atoms with Gasteiger partial charge in [-0.05, 0) is 20.8 Å². The first-order valence-electron chi connectivity index (χ1n) is 3.79. The van der Waals surface area contributed by atoms with E-state index in [9.17, 15) is 0 Å². The van der Waals surface area contributed by atoms with Gasteiger partial charge in [0.2, 0.25) is 0 Å². The van der Waals surface area contributed by atoms with Crippen molar-refractivity contribution in [1.82, 2.24) is 9.78 Å². The molecule has 1 rings (SSSR count). The van der Waals surface area contributed by atoms with E-state index < -0.39 is 0 Å². The average Bonchev–Trinajstić information content (AvgIpc) is 2.07. The zero-order chi connectivity index (χ0) is 8.59. The van der Waals surface area contributed by atoms with Gasteiger partial charge in [-0.15, -0.1) is 0 Å². The van der Waals surface area contributed by atoms with Gasteiger partial charge in [-0.1, -0.05) is 0 Å². The van der Waals surface area contributed by atoms with Crippen molar-refractivity contribution in [3.8, 4) is 0 Å². The van der Waals surface area contributed by atoms with Crippen molar-refractivity contribution in [2.45, 2.75) is 26.8 Å². The van der Waals surface area contributed by atoms with E-state index in [2.05, 4.69) is 5.10 Å². The predicted molar refractivity (Wildman–Crippen MR) is 45.3 cm³/mol. The molecule has 0 saturated carbocycles. The molecule has 0 unspecified atom stereocenters. The molecule has 3 heteroatoms. The van der Waals surface area contributed by atoms with Gasteiger partial charge in [0, 0.05) is 24.3 Å². The van der Waals surface area contributed by atoms with Gasteiger partial charge in [0.15, 0.2) is 0 Å². The van der Waals surface area contributed by atoms with E-state index in [1.807, 2.05) is 32.5 Å². The van der Waals surface area contributed by atoms with Crippen LogP contribution in [0.5, 0.6) is 0 Å². The Bertz CT molecular complexity index is 261. The van der Waals surface area contributed by atoms with Crippen molar-refractivity contribution in [2.75, 3.05) is 0 Å². The average molecular weight is 153 g/mol. The summed E-state index contributed by atoms with van der Waals surface area (Å²) in [5.41, 5.74) is 9.16. The molecule has 62 valence electrons. The topological polar surface area (TPSA) is 43.8 Å². The highest BCUT2D eigenvalue weighted by Gasteiger charge is 2.11. The van der Waals surface area contributed by atoms with Crippen LogP contribution in [0.1, 0.15) is 29.9 Å². The summed E-state index contributed by atoms with van der Waals surface area (Å²) in [5.74, 6) is 0. The van der Waals surface area contributed by atoms with Crippen LogP contribution >= 0.6 is 0 Å². The molecule has 1 atom stereocenters. The lowest BCUT2D eigenvalue weighted by atomic mass is 10.1. The summed E-state index contributed by atoms with van der Waals surface area (Å²) in [6.45, 7) is 6.02. The van der Waals surface area contributed by atoms with Gasteiger partial charge in [-0.3, -0.25) is 4.68 Å². The van der Waals surface area contributed by atoms with Crippen LogP contribution in [0.25, 0.3) is 0 Å². The second-order valence-corrected chi connectivity index (χ2v) is 3.00. The van der Waals surface area contributed by atoms with Crippen molar-refractivity contribution >= 4 is 0 Å². The first-order chi connectivity index (χ1) is 5.04. The highest BCUT2D eigenvalue weighted by molar-refractivity contribution is 5.26. The van der Waals surface area contributed by atoms with E-state index in [1.165, 1.54) is 5.56 Å². The molecule has 0 amide bonds. The molecular formula is C8H15N3. The van der Waals surface area contributed by atoms with Crippen LogP contribution in [-0.2, 0) is 7.05 Å². The maximum Gasteiger partial charge on any atom is 0.0644 e. The summed E-state index contributed by atoms with van der Waals surface area (Å²) < 4.78 is 1.87. The molecule has 0 aromatic carbocycles. The molecule has 0 radical (unpaired) electrons. The third kappa shape index (κ3) is 1.28. The first-order valence-corrected chi connectivity index (χ1v) is 3.79. The summed E-state index contributed by atoms with van der Waals surface area (Å²) >= 11 is 0. The Morgan fingerprint density at radius 2 is 2.00 bits per heavy atom. The van der Waals surface area contributed by atoms with Crippen LogP contribution in [0, 0.1) is 13.8 Å². The monoisotopic (exact) mass is 153 g/mol. The fourth-order valence-electron chi connectivity index (χ4n) is 1.45. The highest BCUT2D eigenvalue weighted by Crippen LogP contribution is 2.17. The SMILES string of the molecule is Cc1nn(C)c(C)c1[C@@H](C)N. The Hall–Kier alpha value is -0.830. The molecule has 1 aromatic rings. The van der Waals surface area contributed by atoms with E-state index in [0.717, 1.165) is 11.4 Å². The van der Waals surface area contributed by atoms with Crippen molar-refractivity contribution in [2.24, 2.45) is 12.8 Å². The molecule has 2 N–H and O–H groups in total. The van der Waals surface area contributed by atoms with Gasteiger partial charge in [0.25, 0.3) is 0 Å². The maximum atomic E-state index is 5.78. The van der Waals surface area contributed by atoms with Gasteiger partial charge >= 0.3 is 0 Å². The van der Waals surface area contributed by atoms with E-state index in [4.69, 9.17) is 5.73 Å². The lowest BCUT2D eigenvalue weighted by Crippen LogP contribution is -2.07. The van der Waals surface area contributed by atoms with Crippen molar-refractivity contribution < 1.29 is 0 Å². The molecule has 3 nitrogen and oxygen atoms in total. The second-order valence-electron chi connectivity index (χ2n) is 3.00. The minimum absolute atomic E-state index is 0.0868. The van der Waals surface area contributed by atoms with Crippen molar-refractivity contribution in [3.05, 3.63) is 17.0 Å². The van der Waals surface area contributed by atoms with Crippen LogP contribution in [0.4, 0.5) is 0 Å². The zero-order valence-electron chi connectivity index (χ0n) is 7.55. The molecule has 1 heterocycles. The van der Waals surface area contributed by atoms with Crippen LogP contribution in [0.15, 0.2) is 0 Å². The van der Waals surface area contributed by atoms with Crippen LogP contribution < -0.4 is 5.73 Å². The molecule has 0 aliphatic carbocycles. The lowest BCUT2D eigenvalue weighted by Gasteiger charge is -2.04. The summed E-state index contributed by atoms with van der Waals surface area (Å²) in [5, 5.41) is 4.27. The summed E-state index contributed by atoms with van der Waals surface area (Å²) in [4.78, 5) is 0. The normalized spacial score (nSPS) is 13.5. The zero-order valence-corrected chi connectivity index (χ0v) is 7.55. The molecule has 0 bridgehead atoms. The number of nitrogens with two attached hydrogens (primary N) is 1. The van der Waals surface area contributed by atoms with Gasteiger partial charge in [-0.2, -0.15) is 5.10 Å². The van der Waals surface area contributed by atoms with E-state index in [1.54, 1.807) is 0 Å². The number of hydrogen-bond acceptors (Lipinski definition) is 2. The van der Waals surface area contributed by atoms with Gasteiger partial charge < -0.3 is 5.73 Å². The Morgan fingerprint density at radius 1 is 1.45 bits per heavy atom. The standard InChI is InChI=1S/C8H15N3/c1-5(9)8-6(2)10-11(4)7(8)3/h5H,9H2,1-4H3/t5-/m1/s1. The quantitative estimate of drug-likeness (QED) is 0.655. The molecule has 0 aliphatic rings. The molecule has 0 saturated heterocycles. The number of hydrogen-bond donors (Lipinski definition) is 1. The Morgan fingerprint density at radius 3 is 2.18 bits per heavy atom. The maximum absolute atomic E-state index is 5.78. The molecule has 0 fully saturated rings. The summed E-state index contributed by atoms with van der Waals surface area (Å²) in [6.07, 6.45) is 0. The van der Waals surface area contributed by atoms with Crippen molar-refractivity contribution in [3.63, 3.8) is 0 Å². The van der Waals surface area contributed by atoms with Crippen molar-refractivity contribution in [1.29, 1.82) is 0 Å². The minimum Gasteiger partial charge on any atom is -0.324 e. The first kappa shape index (κ1) is 8.27. The molecule has 11 heavy (non-hydrogen) atoms. The summed E-state index contributed by atoms with van der Waals surface area (Å²) in [7, 11) is 1.94. The van der Waals surface area contributed by atoms with E-state index in [0.29, 0.717) is 0 Å². The fraction of sp³-hybridized carbons (Fsp3) is 0.625. The van der Waals surface area contributed by atoms with Gasteiger partial charge in [0.05, 0.1) is 5.69 Å². The third-order valence-electron chi connectivity index (χ3n) is 2.02. The Labute approximate surface area is 67.2 Å². The van der Waals surface area contributed by atoms with Crippen LogP contribution in [0.2, 0.25) is 0 Å². The lowest BCUT2D eigenvalue weighted by molar-refractivity contribution is 0.726. The summed E-state index contributed by atoms with van der Waals surface area (Å²) in [6, 6.07) is 0.0868. The highest BCUT2D eigenvalue weighted by atomic mass is 15.3.